The summed E-state index contributed by atoms with van der Waals surface area (Å²) in [5, 5.41) is 13.4. The standard InChI is InChI=1S/C21H22FN5O7/c1-13(28)23-8-16-10-26(21(29)34-16)15-5-4-14(18(22)7-15)3-2-6-32-17-9-25-11-19(27(30)31)24-20(25)33-12-17/h2-5,7,11,16-17H,6,8-10,12H2,1H3,(H,23,28)/t16-,17-/m0/s1. The number of carbonyl (C=O) groups excluding carboxylic acids is 2. The van der Waals surface area contributed by atoms with E-state index in [1.807, 2.05) is 0 Å². The molecule has 1 aromatic heterocycles. The Balaban J connectivity index is 1.29. The second-order valence-corrected chi connectivity index (χ2v) is 7.72. The van der Waals surface area contributed by atoms with Gasteiger partial charge >= 0.3 is 17.9 Å². The molecular formula is C21H22FN5O7. The first kappa shape index (κ1) is 23.2. The summed E-state index contributed by atoms with van der Waals surface area (Å²) in [4.78, 5) is 38.4. The third-order valence-electron chi connectivity index (χ3n) is 5.19. The summed E-state index contributed by atoms with van der Waals surface area (Å²) >= 11 is 0. The molecule has 2 aliphatic rings. The first-order valence-electron chi connectivity index (χ1n) is 10.4. The van der Waals surface area contributed by atoms with Crippen LogP contribution in [0.5, 0.6) is 6.01 Å². The Bertz CT molecular complexity index is 1130. The number of ether oxygens (including phenoxy) is 3. The number of benzene rings is 1. The molecule has 1 fully saturated rings. The maximum Gasteiger partial charge on any atom is 0.414 e. The minimum atomic E-state index is -0.604. The van der Waals surface area contributed by atoms with Gasteiger partial charge in [-0.25, -0.2) is 9.18 Å². The summed E-state index contributed by atoms with van der Waals surface area (Å²) in [5.41, 5.74) is 0.660. The molecule has 2 atom stereocenters. The lowest BCUT2D eigenvalue weighted by Gasteiger charge is -2.21. The van der Waals surface area contributed by atoms with E-state index in [-0.39, 0.29) is 50.1 Å². The summed E-state index contributed by atoms with van der Waals surface area (Å²) in [5.74, 6) is -1.05. The van der Waals surface area contributed by atoms with Crippen LogP contribution in [0.25, 0.3) is 6.08 Å². The maximum absolute atomic E-state index is 14.6. The predicted octanol–water partition coefficient (Wildman–Crippen LogP) is 1.88. The van der Waals surface area contributed by atoms with Crippen molar-refractivity contribution in [1.29, 1.82) is 0 Å². The smallest absolute Gasteiger partial charge is 0.414 e. The normalized spacial score (nSPS) is 19.6. The van der Waals surface area contributed by atoms with E-state index in [1.165, 1.54) is 34.7 Å². The third kappa shape index (κ3) is 5.31. The van der Waals surface area contributed by atoms with Crippen molar-refractivity contribution in [2.24, 2.45) is 0 Å². The van der Waals surface area contributed by atoms with E-state index in [9.17, 15) is 24.1 Å². The Morgan fingerprint density at radius 1 is 1.44 bits per heavy atom. The Morgan fingerprint density at radius 2 is 2.26 bits per heavy atom. The molecule has 2 aromatic rings. The second-order valence-electron chi connectivity index (χ2n) is 7.72. The van der Waals surface area contributed by atoms with Crippen LogP contribution in [0.1, 0.15) is 12.5 Å². The van der Waals surface area contributed by atoms with Crippen LogP contribution in [-0.4, -0.2) is 65.0 Å². The van der Waals surface area contributed by atoms with E-state index in [0.29, 0.717) is 17.8 Å². The Morgan fingerprint density at radius 3 is 3.00 bits per heavy atom. The van der Waals surface area contributed by atoms with Crippen LogP contribution in [0.3, 0.4) is 0 Å². The summed E-state index contributed by atoms with van der Waals surface area (Å²) in [6, 6.07) is 4.56. The molecule has 180 valence electrons. The fourth-order valence-electron chi connectivity index (χ4n) is 3.54. The number of rotatable bonds is 8. The summed E-state index contributed by atoms with van der Waals surface area (Å²) in [6.45, 7) is 2.47. The Hall–Kier alpha value is -4.00. The van der Waals surface area contributed by atoms with Gasteiger partial charge in [-0.3, -0.25) is 14.3 Å². The number of cyclic esters (lactones) is 1. The highest BCUT2D eigenvalue weighted by Gasteiger charge is 2.32. The zero-order valence-corrected chi connectivity index (χ0v) is 18.2. The van der Waals surface area contributed by atoms with Crippen LogP contribution >= 0.6 is 0 Å². The maximum atomic E-state index is 14.6. The van der Waals surface area contributed by atoms with E-state index in [1.54, 1.807) is 18.2 Å². The molecule has 13 heteroatoms. The average Bonchev–Trinajstić information content (AvgIpc) is 3.39. The lowest BCUT2D eigenvalue weighted by Crippen LogP contribution is -2.33. The number of carbonyl (C=O) groups is 2. The molecule has 1 N–H and O–H groups in total. The molecule has 0 saturated carbocycles. The topological polar surface area (TPSA) is 138 Å². The summed E-state index contributed by atoms with van der Waals surface area (Å²) < 4.78 is 32.4. The molecule has 0 spiro atoms. The molecule has 1 aromatic carbocycles. The van der Waals surface area contributed by atoms with Gasteiger partial charge in [-0.05, 0) is 23.1 Å². The van der Waals surface area contributed by atoms with E-state index in [0.717, 1.165) is 0 Å². The van der Waals surface area contributed by atoms with Gasteiger partial charge in [0.2, 0.25) is 5.91 Å². The highest BCUT2D eigenvalue weighted by atomic mass is 19.1. The number of imidazole rings is 1. The van der Waals surface area contributed by atoms with Gasteiger partial charge in [0.15, 0.2) is 0 Å². The Labute approximate surface area is 193 Å². The van der Waals surface area contributed by atoms with Gasteiger partial charge in [-0.2, -0.15) is 0 Å². The molecule has 0 unspecified atom stereocenters. The van der Waals surface area contributed by atoms with Gasteiger partial charge in [0.1, 0.15) is 30.8 Å². The summed E-state index contributed by atoms with van der Waals surface area (Å²) in [6.07, 6.45) is 3.02. The number of fused-ring (bicyclic) bond motifs is 1. The van der Waals surface area contributed by atoms with Crippen molar-refractivity contribution >= 4 is 29.6 Å². The van der Waals surface area contributed by atoms with E-state index < -0.39 is 22.9 Å². The van der Waals surface area contributed by atoms with Gasteiger partial charge in [0.05, 0.1) is 31.9 Å². The molecule has 3 heterocycles. The molecule has 2 aliphatic heterocycles. The molecule has 12 nitrogen and oxygen atoms in total. The van der Waals surface area contributed by atoms with Crippen LogP contribution in [0.4, 0.5) is 20.7 Å². The molecule has 0 radical (unpaired) electrons. The molecular weight excluding hydrogens is 453 g/mol. The zero-order chi connectivity index (χ0) is 24.2. The fraction of sp³-hybridized carbons (Fsp3) is 0.381. The highest BCUT2D eigenvalue weighted by molar-refractivity contribution is 5.90. The number of hydrogen-bond acceptors (Lipinski definition) is 8. The fourth-order valence-corrected chi connectivity index (χ4v) is 3.54. The first-order valence-corrected chi connectivity index (χ1v) is 10.4. The second kappa shape index (κ2) is 9.87. The van der Waals surface area contributed by atoms with Crippen molar-refractivity contribution < 1.29 is 33.1 Å². The number of nitrogens with one attached hydrogen (secondary N) is 1. The van der Waals surface area contributed by atoms with Crippen molar-refractivity contribution in [3.63, 3.8) is 0 Å². The quantitative estimate of drug-likeness (QED) is 0.451. The number of amides is 2. The first-order chi connectivity index (χ1) is 16.3. The average molecular weight is 475 g/mol. The lowest BCUT2D eigenvalue weighted by atomic mass is 10.1. The largest absolute Gasteiger partial charge is 0.443 e. The number of nitro groups is 1. The number of anilines is 1. The van der Waals surface area contributed by atoms with Crippen LogP contribution in [-0.2, 0) is 20.8 Å². The van der Waals surface area contributed by atoms with Crippen molar-refractivity contribution in [3.05, 3.63) is 52.0 Å². The molecule has 34 heavy (non-hydrogen) atoms. The Kier molecular flexibility index (Phi) is 6.72. The molecule has 1 saturated heterocycles. The van der Waals surface area contributed by atoms with Crippen molar-refractivity contribution in [2.45, 2.75) is 25.7 Å². The van der Waals surface area contributed by atoms with E-state index in [2.05, 4.69) is 10.3 Å². The highest BCUT2D eigenvalue weighted by Crippen LogP contribution is 2.25. The monoisotopic (exact) mass is 475 g/mol. The lowest BCUT2D eigenvalue weighted by molar-refractivity contribution is -0.389. The van der Waals surface area contributed by atoms with Gasteiger partial charge in [0.25, 0.3) is 0 Å². The van der Waals surface area contributed by atoms with E-state index in [4.69, 9.17) is 14.2 Å². The molecule has 4 rings (SSSR count). The van der Waals surface area contributed by atoms with Gasteiger partial charge in [-0.1, -0.05) is 12.2 Å². The SMILES string of the molecule is CC(=O)NC[C@H]1CN(c2ccc(C=CCO[C@@H]3COc4nc([N+](=O)[O-])cn4C3)c(F)c2)C(=O)O1. The van der Waals surface area contributed by atoms with Gasteiger partial charge in [0, 0.05) is 17.5 Å². The number of nitrogens with zero attached hydrogens (tertiary/aromatic N) is 4. The van der Waals surface area contributed by atoms with Crippen LogP contribution in [0.2, 0.25) is 0 Å². The molecule has 0 aliphatic carbocycles. The third-order valence-corrected chi connectivity index (χ3v) is 5.19. The number of hydrogen-bond donors (Lipinski definition) is 1. The van der Waals surface area contributed by atoms with Crippen molar-refractivity contribution in [1.82, 2.24) is 14.9 Å². The minimum Gasteiger partial charge on any atom is -0.443 e. The van der Waals surface area contributed by atoms with Crippen LogP contribution in [0, 0.1) is 15.9 Å². The number of aromatic nitrogens is 2. The number of halogens is 1. The van der Waals surface area contributed by atoms with Gasteiger partial charge < -0.3 is 29.6 Å². The predicted molar refractivity (Wildman–Crippen MR) is 116 cm³/mol. The molecule has 2 amide bonds. The zero-order valence-electron chi connectivity index (χ0n) is 18.2. The molecule has 0 bridgehead atoms. The van der Waals surface area contributed by atoms with Crippen molar-refractivity contribution in [3.8, 4) is 6.01 Å². The van der Waals surface area contributed by atoms with Crippen LogP contribution < -0.4 is 15.0 Å². The summed E-state index contributed by atoms with van der Waals surface area (Å²) in [7, 11) is 0. The van der Waals surface area contributed by atoms with Crippen molar-refractivity contribution in [2.75, 3.05) is 31.2 Å². The minimum absolute atomic E-state index is 0.171. The van der Waals surface area contributed by atoms with Gasteiger partial charge in [-0.15, -0.1) is 0 Å². The van der Waals surface area contributed by atoms with Crippen LogP contribution in [0.15, 0.2) is 30.5 Å². The van der Waals surface area contributed by atoms with E-state index >= 15 is 0 Å².